The van der Waals surface area contributed by atoms with Crippen molar-refractivity contribution in [1.29, 1.82) is 0 Å². The minimum absolute atomic E-state index is 0.0683. The van der Waals surface area contributed by atoms with Crippen LogP contribution in [0.5, 0.6) is 11.5 Å². The zero-order chi connectivity index (χ0) is 22.5. The third-order valence-corrected chi connectivity index (χ3v) is 4.60. The van der Waals surface area contributed by atoms with Gasteiger partial charge in [0.25, 0.3) is 0 Å². The maximum absolute atomic E-state index is 13.1. The number of anilines is 2. The minimum atomic E-state index is -0.590. The van der Waals surface area contributed by atoms with E-state index in [2.05, 4.69) is 10.3 Å². The van der Waals surface area contributed by atoms with Crippen LogP contribution >= 0.6 is 0 Å². The number of hydrogen-bond acceptors (Lipinski definition) is 6. The first-order valence-electron chi connectivity index (χ1n) is 10.2. The first-order valence-corrected chi connectivity index (χ1v) is 10.2. The topological polar surface area (TPSA) is 87.4 Å². The van der Waals surface area contributed by atoms with E-state index in [9.17, 15) is 9.59 Å². The number of rotatable bonds is 8. The van der Waals surface area contributed by atoms with Gasteiger partial charge in [0.1, 0.15) is 11.5 Å². The van der Waals surface area contributed by atoms with Crippen molar-refractivity contribution in [3.05, 3.63) is 75.1 Å². The Balaban J connectivity index is 1.99. The van der Waals surface area contributed by atoms with Crippen molar-refractivity contribution < 1.29 is 9.47 Å². The second kappa shape index (κ2) is 9.51. The molecule has 0 atom stereocenters. The van der Waals surface area contributed by atoms with Gasteiger partial charge in [-0.2, -0.15) is 4.98 Å². The maximum Gasteiger partial charge on any atom is 0.355 e. The lowest BCUT2D eigenvalue weighted by Crippen LogP contribution is -2.43. The normalized spacial score (nSPS) is 11.1. The molecule has 0 unspecified atom stereocenters. The summed E-state index contributed by atoms with van der Waals surface area (Å²) in [6.45, 7) is 7.72. The number of hydrogen-bond donors (Lipinski definition) is 1. The molecule has 0 radical (unpaired) electrons. The third-order valence-electron chi connectivity index (χ3n) is 4.60. The molecule has 0 bridgehead atoms. The molecule has 2 aromatic carbocycles. The van der Waals surface area contributed by atoms with Crippen LogP contribution < -0.4 is 26.2 Å². The molecule has 0 saturated carbocycles. The molecular weight excluding hydrogens is 396 g/mol. The van der Waals surface area contributed by atoms with Crippen LogP contribution in [-0.2, 0) is 6.54 Å². The predicted molar refractivity (Wildman–Crippen MR) is 121 cm³/mol. The molecule has 3 rings (SSSR count). The zero-order valence-electron chi connectivity index (χ0n) is 18.5. The van der Waals surface area contributed by atoms with Gasteiger partial charge in [-0.1, -0.05) is 12.1 Å². The SMILES string of the molecule is COc1ccc(Cn2c(Nc3ccc(OC(C)C)cc3)nc(=O)n(C(C)C)c2=O)cc1. The largest absolute Gasteiger partial charge is 0.497 e. The number of nitrogens with zero attached hydrogens (tertiary/aromatic N) is 3. The summed E-state index contributed by atoms with van der Waals surface area (Å²) in [5.74, 6) is 1.64. The molecular formula is C23H28N4O4. The average molecular weight is 425 g/mol. The van der Waals surface area contributed by atoms with Gasteiger partial charge in [0.15, 0.2) is 0 Å². The summed E-state index contributed by atoms with van der Waals surface area (Å²) < 4.78 is 13.5. The lowest BCUT2D eigenvalue weighted by Gasteiger charge is -2.17. The second-order valence-corrected chi connectivity index (χ2v) is 7.71. The molecule has 0 amide bonds. The van der Waals surface area contributed by atoms with Crippen LogP contribution in [-0.4, -0.2) is 27.3 Å². The molecule has 1 N–H and O–H groups in total. The Kier molecular flexibility index (Phi) is 6.79. The van der Waals surface area contributed by atoms with Gasteiger partial charge in [-0.05, 0) is 69.7 Å². The molecule has 3 aromatic rings. The van der Waals surface area contributed by atoms with Crippen molar-refractivity contribution in [2.24, 2.45) is 0 Å². The molecule has 0 aliphatic heterocycles. The van der Waals surface area contributed by atoms with Gasteiger partial charge in [-0.3, -0.25) is 4.57 Å². The van der Waals surface area contributed by atoms with Crippen molar-refractivity contribution in [1.82, 2.24) is 14.1 Å². The van der Waals surface area contributed by atoms with E-state index in [4.69, 9.17) is 9.47 Å². The molecule has 8 heteroatoms. The molecule has 8 nitrogen and oxygen atoms in total. The smallest absolute Gasteiger partial charge is 0.355 e. The Hall–Kier alpha value is -3.55. The van der Waals surface area contributed by atoms with Crippen molar-refractivity contribution in [3.63, 3.8) is 0 Å². The Morgan fingerprint density at radius 1 is 0.935 bits per heavy atom. The lowest BCUT2D eigenvalue weighted by molar-refractivity contribution is 0.242. The Labute approximate surface area is 181 Å². The highest BCUT2D eigenvalue weighted by molar-refractivity contribution is 5.54. The second-order valence-electron chi connectivity index (χ2n) is 7.71. The van der Waals surface area contributed by atoms with E-state index >= 15 is 0 Å². The van der Waals surface area contributed by atoms with Crippen molar-refractivity contribution >= 4 is 11.6 Å². The molecule has 0 spiro atoms. The third kappa shape index (κ3) is 5.33. The van der Waals surface area contributed by atoms with Crippen molar-refractivity contribution in [2.45, 2.75) is 46.4 Å². The van der Waals surface area contributed by atoms with Crippen molar-refractivity contribution in [2.75, 3.05) is 12.4 Å². The van der Waals surface area contributed by atoms with Crippen LogP contribution in [0.2, 0.25) is 0 Å². The van der Waals surface area contributed by atoms with E-state index in [0.717, 1.165) is 21.6 Å². The predicted octanol–water partition coefficient (Wildman–Crippen LogP) is 3.57. The van der Waals surface area contributed by atoms with Gasteiger partial charge in [0.2, 0.25) is 5.95 Å². The van der Waals surface area contributed by atoms with Crippen LogP contribution in [0.4, 0.5) is 11.6 Å². The van der Waals surface area contributed by atoms with E-state index in [1.807, 2.05) is 62.4 Å². The fourth-order valence-electron chi connectivity index (χ4n) is 3.12. The molecule has 0 fully saturated rings. The van der Waals surface area contributed by atoms with Gasteiger partial charge < -0.3 is 14.8 Å². The summed E-state index contributed by atoms with van der Waals surface area (Å²) in [5, 5.41) is 3.10. The van der Waals surface area contributed by atoms with Gasteiger partial charge in [0.05, 0.1) is 19.8 Å². The molecule has 0 aliphatic rings. The Bertz CT molecular complexity index is 1130. The lowest BCUT2D eigenvalue weighted by atomic mass is 10.2. The summed E-state index contributed by atoms with van der Waals surface area (Å²) >= 11 is 0. The number of nitrogens with one attached hydrogen (secondary N) is 1. The quantitative estimate of drug-likeness (QED) is 0.595. The van der Waals surface area contributed by atoms with Gasteiger partial charge >= 0.3 is 11.4 Å². The summed E-state index contributed by atoms with van der Waals surface area (Å²) in [6.07, 6.45) is 0.0683. The summed E-state index contributed by atoms with van der Waals surface area (Å²) in [6, 6.07) is 14.4. The first kappa shape index (κ1) is 22.1. The van der Waals surface area contributed by atoms with E-state index in [-0.39, 0.29) is 24.6 Å². The molecule has 0 aliphatic carbocycles. The molecule has 31 heavy (non-hydrogen) atoms. The van der Waals surface area contributed by atoms with E-state index in [1.165, 1.54) is 4.57 Å². The van der Waals surface area contributed by atoms with Crippen LogP contribution in [0.1, 0.15) is 39.3 Å². The molecule has 164 valence electrons. The summed E-state index contributed by atoms with van der Waals surface area (Å²) in [4.78, 5) is 29.8. The van der Waals surface area contributed by atoms with Crippen LogP contribution in [0.15, 0.2) is 58.1 Å². The monoisotopic (exact) mass is 424 g/mol. The van der Waals surface area contributed by atoms with E-state index in [1.54, 1.807) is 21.0 Å². The summed E-state index contributed by atoms with van der Waals surface area (Å²) in [7, 11) is 1.60. The first-order chi connectivity index (χ1) is 14.8. The standard InChI is InChI=1S/C23H28N4O4/c1-15(2)27-22(28)25-21(24-18-8-12-20(13-9-18)31-16(3)4)26(23(27)29)14-17-6-10-19(30-5)11-7-17/h6-13,15-16H,14H2,1-5H3,(H,24,25,28). The number of ether oxygens (including phenoxy) is 2. The minimum Gasteiger partial charge on any atom is -0.497 e. The molecule has 1 heterocycles. The molecule has 1 aromatic heterocycles. The fraction of sp³-hybridized carbons (Fsp3) is 0.348. The van der Waals surface area contributed by atoms with Gasteiger partial charge in [-0.15, -0.1) is 0 Å². The molecule has 0 saturated heterocycles. The van der Waals surface area contributed by atoms with Crippen LogP contribution in [0.3, 0.4) is 0 Å². The van der Waals surface area contributed by atoms with Gasteiger partial charge in [0, 0.05) is 11.7 Å². The highest BCUT2D eigenvalue weighted by Crippen LogP contribution is 2.20. The highest BCUT2D eigenvalue weighted by Gasteiger charge is 2.16. The number of benzene rings is 2. The summed E-state index contributed by atoms with van der Waals surface area (Å²) in [5.41, 5.74) is 0.553. The number of aromatic nitrogens is 3. The Morgan fingerprint density at radius 2 is 1.55 bits per heavy atom. The van der Waals surface area contributed by atoms with Crippen LogP contribution in [0, 0.1) is 0 Å². The van der Waals surface area contributed by atoms with Crippen LogP contribution in [0.25, 0.3) is 0 Å². The number of methoxy groups -OCH3 is 1. The Morgan fingerprint density at radius 3 is 2.10 bits per heavy atom. The van der Waals surface area contributed by atoms with E-state index in [0.29, 0.717) is 5.69 Å². The van der Waals surface area contributed by atoms with Gasteiger partial charge in [-0.25, -0.2) is 14.2 Å². The van der Waals surface area contributed by atoms with Crippen molar-refractivity contribution in [3.8, 4) is 11.5 Å². The average Bonchev–Trinajstić information content (AvgIpc) is 2.72. The highest BCUT2D eigenvalue weighted by atomic mass is 16.5. The fourth-order valence-corrected chi connectivity index (χ4v) is 3.12. The zero-order valence-corrected chi connectivity index (χ0v) is 18.5. The maximum atomic E-state index is 13.1. The van der Waals surface area contributed by atoms with E-state index < -0.39 is 11.4 Å².